The average molecular weight is 985 g/mol. The normalized spacial score (nSPS) is 15.4. The molecule has 5 heteroatoms. The fourth-order valence-electron chi connectivity index (χ4n) is 14.0. The minimum Gasteiger partial charge on any atom is -0.311 e. The van der Waals surface area contributed by atoms with Crippen molar-refractivity contribution in [3.05, 3.63) is 209 Å². The van der Waals surface area contributed by atoms with Crippen LogP contribution in [-0.2, 0) is 21.7 Å². The van der Waals surface area contributed by atoms with Crippen molar-refractivity contribution in [2.24, 2.45) is 0 Å². The first kappa shape index (κ1) is 45.6. The Morgan fingerprint density at radius 2 is 0.908 bits per heavy atom. The Morgan fingerprint density at radius 1 is 0.355 bits per heavy atom. The topological polar surface area (TPSA) is 16.3 Å². The summed E-state index contributed by atoms with van der Waals surface area (Å²) in [6.45, 7) is 28.0. The Bertz CT molecular complexity index is 4330. The fourth-order valence-corrected chi connectivity index (χ4v) is 14.0. The maximum Gasteiger partial charge on any atom is 0.252 e. The van der Waals surface area contributed by atoms with Crippen LogP contribution < -0.4 is 26.2 Å². The summed E-state index contributed by atoms with van der Waals surface area (Å²) in [6, 6.07) is 66.7. The predicted molar refractivity (Wildman–Crippen MR) is 325 cm³/mol. The van der Waals surface area contributed by atoms with Crippen molar-refractivity contribution in [1.82, 2.24) is 9.13 Å². The van der Waals surface area contributed by atoms with Gasteiger partial charge in [-0.1, -0.05) is 180 Å². The van der Waals surface area contributed by atoms with E-state index >= 15 is 0 Å². The molecule has 4 aliphatic rings. The van der Waals surface area contributed by atoms with E-state index in [4.69, 9.17) is 0 Å². The summed E-state index contributed by atoms with van der Waals surface area (Å²) in [4.78, 5) is 5.13. The molecule has 0 saturated carbocycles. The molecule has 0 bridgehead atoms. The van der Waals surface area contributed by atoms with Crippen LogP contribution in [0.3, 0.4) is 0 Å². The van der Waals surface area contributed by atoms with Gasteiger partial charge < -0.3 is 18.9 Å². The molecular weight excluding hydrogens is 920 g/mol. The molecule has 15 rings (SSSR count). The second kappa shape index (κ2) is 15.0. The van der Waals surface area contributed by atoms with E-state index in [0.29, 0.717) is 0 Å². The van der Waals surface area contributed by atoms with Crippen molar-refractivity contribution < 1.29 is 0 Å². The van der Waals surface area contributed by atoms with Gasteiger partial charge in [0.1, 0.15) is 0 Å². The molecule has 0 radical (unpaired) electrons. The molecule has 0 saturated heterocycles. The van der Waals surface area contributed by atoms with Gasteiger partial charge in [-0.2, -0.15) is 0 Å². The van der Waals surface area contributed by atoms with Gasteiger partial charge >= 0.3 is 0 Å². The molecule has 0 amide bonds. The number of para-hydroxylation sites is 2. The van der Waals surface area contributed by atoms with Crippen LogP contribution in [0, 0.1) is 0 Å². The van der Waals surface area contributed by atoms with Gasteiger partial charge in [0.25, 0.3) is 6.71 Å². The number of aromatic nitrogens is 2. The molecule has 0 N–H and O–H groups in total. The first-order valence-electron chi connectivity index (χ1n) is 27.7. The molecule has 0 fully saturated rings. The number of rotatable bonds is 2. The summed E-state index contributed by atoms with van der Waals surface area (Å²) in [5.74, 6) is -0.00671. The van der Waals surface area contributed by atoms with E-state index in [0.717, 1.165) is 0 Å². The average Bonchev–Trinajstić information content (AvgIpc) is 3.79. The number of anilines is 6. The minimum atomic E-state index is -0.0443. The van der Waals surface area contributed by atoms with Crippen molar-refractivity contribution in [1.29, 1.82) is 0 Å². The quantitative estimate of drug-likeness (QED) is 0.161. The second-order valence-corrected chi connectivity index (χ2v) is 26.6. The third-order valence-electron chi connectivity index (χ3n) is 17.9. The van der Waals surface area contributed by atoms with Crippen LogP contribution >= 0.6 is 0 Å². The molecule has 4 nitrogen and oxygen atoms in total. The molecule has 372 valence electrons. The van der Waals surface area contributed by atoms with Crippen molar-refractivity contribution in [3.63, 3.8) is 0 Å². The third kappa shape index (κ3) is 6.09. The molecule has 0 spiro atoms. The standard InChI is InChI=1S/C71H65BN4/c1-68(2,3)41-24-30-45(31-25-41)73-55-35-28-43(70(7,8)9)38-50(55)61-51-40-49-47-34-37-60-64-67(47)76(65(49)62-48-18-13-15-20-54(48)75(66(51)62)59-23-17-22-58(73)63(59)61)56-21-16-14-19-52(56)72(64)53-39-44(71(10,11)12)29-36-57(53)74(60)46-32-26-42(27-33-46)69(4,5)6/h13-40,61H,1-12H3. The van der Waals surface area contributed by atoms with Gasteiger partial charge in [0.2, 0.25) is 0 Å². The van der Waals surface area contributed by atoms with Crippen LogP contribution in [0.1, 0.15) is 128 Å². The summed E-state index contributed by atoms with van der Waals surface area (Å²) < 4.78 is 5.34. The smallest absolute Gasteiger partial charge is 0.252 e. The van der Waals surface area contributed by atoms with Crippen LogP contribution in [-0.4, -0.2) is 15.8 Å². The maximum atomic E-state index is 2.70. The zero-order valence-electron chi connectivity index (χ0n) is 46.1. The monoisotopic (exact) mass is 985 g/mol. The molecular formula is C71H65BN4. The molecule has 76 heavy (non-hydrogen) atoms. The van der Waals surface area contributed by atoms with E-state index in [9.17, 15) is 0 Å². The molecule has 1 unspecified atom stereocenters. The van der Waals surface area contributed by atoms with Crippen LogP contribution in [0.15, 0.2) is 170 Å². The molecule has 4 aliphatic heterocycles. The summed E-state index contributed by atoms with van der Waals surface area (Å²) in [6.07, 6.45) is 0. The first-order valence-corrected chi connectivity index (χ1v) is 27.7. The van der Waals surface area contributed by atoms with Crippen LogP contribution in [0.5, 0.6) is 0 Å². The Balaban J connectivity index is 1.08. The lowest BCUT2D eigenvalue weighted by Gasteiger charge is -2.42. The fraction of sp³-hybridized carbons (Fsp3) is 0.239. The lowest BCUT2D eigenvalue weighted by atomic mass is 9.33. The lowest BCUT2D eigenvalue weighted by Crippen LogP contribution is -2.60. The number of nitrogens with zero attached hydrogens (tertiary/aromatic N) is 4. The number of hydrogen-bond acceptors (Lipinski definition) is 2. The molecule has 2 aromatic heterocycles. The van der Waals surface area contributed by atoms with E-state index in [-0.39, 0.29) is 34.3 Å². The van der Waals surface area contributed by atoms with Crippen LogP contribution in [0.25, 0.3) is 55.0 Å². The summed E-state index contributed by atoms with van der Waals surface area (Å²) in [5.41, 5.74) is 28.7. The van der Waals surface area contributed by atoms with Gasteiger partial charge in [-0.3, -0.25) is 0 Å². The van der Waals surface area contributed by atoms with E-state index in [1.807, 2.05) is 0 Å². The van der Waals surface area contributed by atoms with E-state index < -0.39 is 0 Å². The van der Waals surface area contributed by atoms with Crippen molar-refractivity contribution in [2.45, 2.75) is 111 Å². The van der Waals surface area contributed by atoms with Crippen LogP contribution in [0.4, 0.5) is 34.1 Å². The van der Waals surface area contributed by atoms with Gasteiger partial charge in [0, 0.05) is 61.5 Å². The molecule has 0 aliphatic carbocycles. The SMILES string of the molecule is CC(C)(C)c1ccc(N2c3ccc(C(C)(C)C)cc3C3c4c2cccc4-n2c4ccccc4c4c2c3cc2c3ccc5c6c3n(c24)-c2ccccc2B6c2cc(C(C)(C)C)ccc2N5c2ccc(C(C)(C)C)cc2)cc1. The highest BCUT2D eigenvalue weighted by Gasteiger charge is 2.45. The number of benzene rings is 9. The van der Waals surface area contributed by atoms with E-state index in [1.165, 1.54) is 144 Å². The molecule has 11 aromatic rings. The Labute approximate surface area is 448 Å². The highest BCUT2D eigenvalue weighted by Crippen LogP contribution is 2.60. The van der Waals surface area contributed by atoms with Gasteiger partial charge in [-0.05, 0) is 144 Å². The maximum absolute atomic E-state index is 2.70. The third-order valence-corrected chi connectivity index (χ3v) is 17.9. The van der Waals surface area contributed by atoms with Crippen molar-refractivity contribution in [3.8, 4) is 11.4 Å². The van der Waals surface area contributed by atoms with Gasteiger partial charge in [-0.15, -0.1) is 0 Å². The molecule has 9 aromatic carbocycles. The lowest BCUT2D eigenvalue weighted by molar-refractivity contribution is 0.589. The minimum absolute atomic E-state index is 0.00671. The summed E-state index contributed by atoms with van der Waals surface area (Å²) >= 11 is 0. The Kier molecular flexibility index (Phi) is 9.01. The van der Waals surface area contributed by atoms with Gasteiger partial charge in [0.05, 0.1) is 39.1 Å². The predicted octanol–water partition coefficient (Wildman–Crippen LogP) is 17.0. The zero-order chi connectivity index (χ0) is 52.3. The van der Waals surface area contributed by atoms with Gasteiger partial charge in [-0.25, -0.2) is 0 Å². The second-order valence-electron chi connectivity index (χ2n) is 26.6. The van der Waals surface area contributed by atoms with Crippen molar-refractivity contribution >= 4 is 101 Å². The number of hydrogen-bond donors (Lipinski definition) is 0. The van der Waals surface area contributed by atoms with E-state index in [2.05, 4.69) is 272 Å². The van der Waals surface area contributed by atoms with Crippen molar-refractivity contribution in [2.75, 3.05) is 9.80 Å². The highest BCUT2D eigenvalue weighted by atomic mass is 15.2. The Morgan fingerprint density at radius 3 is 1.58 bits per heavy atom. The molecule has 1 atom stereocenters. The molecule has 6 heterocycles. The van der Waals surface area contributed by atoms with Gasteiger partial charge in [0.15, 0.2) is 0 Å². The van der Waals surface area contributed by atoms with Crippen LogP contribution in [0.2, 0.25) is 0 Å². The summed E-state index contributed by atoms with van der Waals surface area (Å²) in [7, 11) is 0. The van der Waals surface area contributed by atoms with E-state index in [1.54, 1.807) is 0 Å². The Hall–Kier alpha value is -7.76. The summed E-state index contributed by atoms with van der Waals surface area (Å²) in [5, 5.41) is 5.23. The zero-order valence-corrected chi connectivity index (χ0v) is 46.1. The first-order chi connectivity index (χ1) is 36.3. The number of fused-ring (bicyclic) bond motifs is 16. The largest absolute Gasteiger partial charge is 0.311 e. The highest BCUT2D eigenvalue weighted by molar-refractivity contribution is 7.00.